The largest absolute Gasteiger partial charge is 0.491 e. The van der Waals surface area contributed by atoms with Crippen molar-refractivity contribution in [3.05, 3.63) is 23.8 Å². The molecule has 0 aliphatic rings. The fourth-order valence-electron chi connectivity index (χ4n) is 1.79. The van der Waals surface area contributed by atoms with Crippen molar-refractivity contribution >= 4 is 11.6 Å². The molecule has 0 saturated heterocycles. The second kappa shape index (κ2) is 6.75. The Labute approximate surface area is 121 Å². The zero-order valence-electron chi connectivity index (χ0n) is 13.1. The molecule has 0 heterocycles. The predicted molar refractivity (Wildman–Crippen MR) is 83.0 cm³/mol. The zero-order chi connectivity index (χ0) is 15.3. The molecule has 112 valence electrons. The number of anilines is 1. The van der Waals surface area contributed by atoms with Crippen molar-refractivity contribution in [2.45, 2.75) is 47.1 Å². The fraction of sp³-hybridized carbons (Fsp3) is 0.562. The number of nitrogens with two attached hydrogens (primary N) is 1. The number of carbonyl (C=O) groups excluding carboxylic acids is 1. The number of aryl methyl sites for hydroxylation is 1. The van der Waals surface area contributed by atoms with Crippen LogP contribution < -0.4 is 15.8 Å². The average molecular weight is 278 g/mol. The summed E-state index contributed by atoms with van der Waals surface area (Å²) < 4.78 is 5.63. The highest BCUT2D eigenvalue weighted by Gasteiger charge is 2.29. The van der Waals surface area contributed by atoms with Gasteiger partial charge < -0.3 is 15.8 Å². The molecule has 0 fully saturated rings. The van der Waals surface area contributed by atoms with Crippen molar-refractivity contribution in [2.75, 3.05) is 11.9 Å². The first kappa shape index (κ1) is 16.5. The van der Waals surface area contributed by atoms with E-state index in [0.29, 0.717) is 13.0 Å². The second-order valence-electron chi connectivity index (χ2n) is 5.72. The molecule has 0 radical (unpaired) electrons. The molecule has 0 aliphatic carbocycles. The van der Waals surface area contributed by atoms with E-state index >= 15 is 0 Å². The first-order valence-electron chi connectivity index (χ1n) is 7.11. The van der Waals surface area contributed by atoms with Crippen molar-refractivity contribution in [2.24, 2.45) is 11.1 Å². The van der Waals surface area contributed by atoms with Crippen LogP contribution in [0.15, 0.2) is 18.2 Å². The van der Waals surface area contributed by atoms with Gasteiger partial charge in [0.15, 0.2) is 0 Å². The Kier molecular flexibility index (Phi) is 5.57. The Balaban J connectivity index is 2.86. The van der Waals surface area contributed by atoms with Crippen LogP contribution in [0.5, 0.6) is 5.75 Å². The van der Waals surface area contributed by atoms with Crippen LogP contribution in [-0.2, 0) is 4.79 Å². The van der Waals surface area contributed by atoms with Crippen LogP contribution in [0, 0.1) is 12.3 Å². The van der Waals surface area contributed by atoms with Crippen molar-refractivity contribution in [3.63, 3.8) is 0 Å². The van der Waals surface area contributed by atoms with Crippen molar-refractivity contribution in [1.29, 1.82) is 0 Å². The second-order valence-corrected chi connectivity index (χ2v) is 5.72. The van der Waals surface area contributed by atoms with E-state index in [1.807, 2.05) is 52.8 Å². The van der Waals surface area contributed by atoms with E-state index in [-0.39, 0.29) is 12.0 Å². The summed E-state index contributed by atoms with van der Waals surface area (Å²) in [5, 5.41) is 2.96. The molecule has 20 heavy (non-hydrogen) atoms. The van der Waals surface area contributed by atoms with E-state index < -0.39 is 5.41 Å². The van der Waals surface area contributed by atoms with Crippen LogP contribution in [0.1, 0.15) is 39.7 Å². The Bertz CT molecular complexity index is 466. The molecule has 1 aromatic rings. The van der Waals surface area contributed by atoms with Gasteiger partial charge >= 0.3 is 0 Å². The number of amides is 1. The van der Waals surface area contributed by atoms with E-state index in [4.69, 9.17) is 10.5 Å². The van der Waals surface area contributed by atoms with Crippen LogP contribution in [0.4, 0.5) is 5.69 Å². The summed E-state index contributed by atoms with van der Waals surface area (Å²) in [7, 11) is 0. The first-order chi connectivity index (χ1) is 9.32. The molecule has 3 N–H and O–H groups in total. The highest BCUT2D eigenvalue weighted by molar-refractivity contribution is 5.95. The SMILES string of the molecule is CCC(C)(CN)C(=O)Nc1ccc(OC(C)C)cc1C. The van der Waals surface area contributed by atoms with Gasteiger partial charge in [0.25, 0.3) is 0 Å². The minimum Gasteiger partial charge on any atom is -0.491 e. The Morgan fingerprint density at radius 2 is 2.10 bits per heavy atom. The summed E-state index contributed by atoms with van der Waals surface area (Å²) in [5.41, 5.74) is 6.96. The molecular weight excluding hydrogens is 252 g/mol. The molecule has 0 bridgehead atoms. The third-order valence-electron chi connectivity index (χ3n) is 3.60. The minimum atomic E-state index is -0.528. The molecule has 1 atom stereocenters. The van der Waals surface area contributed by atoms with Gasteiger partial charge in [0, 0.05) is 12.2 Å². The van der Waals surface area contributed by atoms with Crippen molar-refractivity contribution in [3.8, 4) is 5.75 Å². The number of nitrogens with one attached hydrogen (secondary N) is 1. The summed E-state index contributed by atoms with van der Waals surface area (Å²) in [5.74, 6) is 0.774. The lowest BCUT2D eigenvalue weighted by Gasteiger charge is -2.25. The normalized spacial score (nSPS) is 13.9. The fourth-order valence-corrected chi connectivity index (χ4v) is 1.79. The monoisotopic (exact) mass is 278 g/mol. The average Bonchev–Trinajstić information content (AvgIpc) is 2.40. The number of ether oxygens (including phenoxy) is 1. The van der Waals surface area contributed by atoms with E-state index in [1.54, 1.807) is 0 Å². The van der Waals surface area contributed by atoms with Gasteiger partial charge in [-0.25, -0.2) is 0 Å². The standard InChI is InChI=1S/C16H26N2O2/c1-6-16(5,10-17)15(19)18-14-8-7-13(9-12(14)4)20-11(2)3/h7-9,11H,6,10,17H2,1-5H3,(H,18,19). The van der Waals surface area contributed by atoms with Crippen molar-refractivity contribution in [1.82, 2.24) is 0 Å². The van der Waals surface area contributed by atoms with E-state index in [0.717, 1.165) is 17.0 Å². The van der Waals surface area contributed by atoms with Crippen LogP contribution in [0.25, 0.3) is 0 Å². The maximum atomic E-state index is 12.3. The zero-order valence-corrected chi connectivity index (χ0v) is 13.1. The predicted octanol–water partition coefficient (Wildman–Crippen LogP) is 3.10. The minimum absolute atomic E-state index is 0.0388. The first-order valence-corrected chi connectivity index (χ1v) is 7.11. The van der Waals surface area contributed by atoms with Gasteiger partial charge in [-0.1, -0.05) is 6.92 Å². The number of carbonyl (C=O) groups is 1. The number of rotatable bonds is 6. The summed E-state index contributed by atoms with van der Waals surface area (Å²) in [4.78, 5) is 12.3. The molecule has 0 saturated carbocycles. The molecule has 1 amide bonds. The summed E-state index contributed by atoms with van der Waals surface area (Å²) in [6, 6.07) is 5.67. The Hall–Kier alpha value is -1.55. The topological polar surface area (TPSA) is 64.4 Å². The molecule has 1 aromatic carbocycles. The molecule has 4 nitrogen and oxygen atoms in total. The van der Waals surface area contributed by atoms with Crippen LogP contribution in [0.2, 0.25) is 0 Å². The molecule has 1 rings (SSSR count). The Morgan fingerprint density at radius 3 is 2.55 bits per heavy atom. The lowest BCUT2D eigenvalue weighted by molar-refractivity contribution is -0.124. The van der Waals surface area contributed by atoms with Gasteiger partial charge in [-0.2, -0.15) is 0 Å². The molecular formula is C16H26N2O2. The van der Waals surface area contributed by atoms with Crippen LogP contribution >= 0.6 is 0 Å². The summed E-state index contributed by atoms with van der Waals surface area (Å²) in [6.45, 7) is 10.1. The summed E-state index contributed by atoms with van der Waals surface area (Å²) in [6.07, 6.45) is 0.846. The van der Waals surface area contributed by atoms with Gasteiger partial charge in [0.1, 0.15) is 5.75 Å². The van der Waals surface area contributed by atoms with Crippen molar-refractivity contribution < 1.29 is 9.53 Å². The van der Waals surface area contributed by atoms with E-state index in [2.05, 4.69) is 5.32 Å². The third kappa shape index (κ3) is 3.97. The molecule has 0 spiro atoms. The summed E-state index contributed by atoms with van der Waals surface area (Å²) >= 11 is 0. The maximum absolute atomic E-state index is 12.3. The van der Waals surface area contributed by atoms with Gasteiger partial charge in [-0.05, 0) is 57.9 Å². The molecule has 4 heteroatoms. The van der Waals surface area contributed by atoms with E-state index in [1.165, 1.54) is 0 Å². The lowest BCUT2D eigenvalue weighted by Crippen LogP contribution is -2.39. The van der Waals surface area contributed by atoms with Gasteiger partial charge in [0.05, 0.1) is 11.5 Å². The molecule has 1 unspecified atom stereocenters. The van der Waals surface area contributed by atoms with Gasteiger partial charge in [-0.15, -0.1) is 0 Å². The number of hydrogen-bond acceptors (Lipinski definition) is 3. The third-order valence-corrected chi connectivity index (χ3v) is 3.60. The number of hydrogen-bond donors (Lipinski definition) is 2. The molecule has 0 aromatic heterocycles. The van der Waals surface area contributed by atoms with Crippen LogP contribution in [-0.4, -0.2) is 18.6 Å². The van der Waals surface area contributed by atoms with Crippen LogP contribution in [0.3, 0.4) is 0 Å². The quantitative estimate of drug-likeness (QED) is 0.840. The molecule has 0 aliphatic heterocycles. The highest BCUT2D eigenvalue weighted by Crippen LogP contribution is 2.26. The maximum Gasteiger partial charge on any atom is 0.231 e. The van der Waals surface area contributed by atoms with Gasteiger partial charge in [-0.3, -0.25) is 4.79 Å². The smallest absolute Gasteiger partial charge is 0.231 e. The van der Waals surface area contributed by atoms with E-state index in [9.17, 15) is 4.79 Å². The highest BCUT2D eigenvalue weighted by atomic mass is 16.5. The Morgan fingerprint density at radius 1 is 1.45 bits per heavy atom. The lowest BCUT2D eigenvalue weighted by atomic mass is 9.86. The number of benzene rings is 1. The van der Waals surface area contributed by atoms with Gasteiger partial charge in [0.2, 0.25) is 5.91 Å².